The summed E-state index contributed by atoms with van der Waals surface area (Å²) in [7, 11) is -3.25. The first-order chi connectivity index (χ1) is 8.53. The summed E-state index contributed by atoms with van der Waals surface area (Å²) in [6.45, 7) is 3.07. The molecule has 1 fully saturated rings. The summed E-state index contributed by atoms with van der Waals surface area (Å²) < 4.78 is 26.2. The normalized spacial score (nSPS) is 16.1. The van der Waals surface area contributed by atoms with Crippen molar-refractivity contribution in [3.63, 3.8) is 0 Å². The van der Waals surface area contributed by atoms with E-state index in [4.69, 9.17) is 5.73 Å². The van der Waals surface area contributed by atoms with Gasteiger partial charge in [0.2, 0.25) is 10.0 Å². The Morgan fingerprint density at radius 2 is 2.00 bits per heavy atom. The van der Waals surface area contributed by atoms with Gasteiger partial charge in [0.05, 0.1) is 5.75 Å². The molecule has 0 radical (unpaired) electrons. The van der Waals surface area contributed by atoms with E-state index in [0.717, 1.165) is 12.8 Å². The molecule has 2 rings (SSSR count). The Morgan fingerprint density at radius 3 is 2.56 bits per heavy atom. The van der Waals surface area contributed by atoms with Crippen LogP contribution in [0.25, 0.3) is 0 Å². The number of rotatable bonds is 6. The zero-order chi connectivity index (χ0) is 13.2. The van der Waals surface area contributed by atoms with E-state index >= 15 is 0 Å². The van der Waals surface area contributed by atoms with Gasteiger partial charge in [-0.25, -0.2) is 12.7 Å². The molecule has 2 N–H and O–H groups in total. The van der Waals surface area contributed by atoms with Crippen LogP contribution in [-0.4, -0.2) is 25.8 Å². The van der Waals surface area contributed by atoms with E-state index in [1.807, 2.05) is 19.1 Å². The lowest BCUT2D eigenvalue weighted by Crippen LogP contribution is -2.33. The summed E-state index contributed by atoms with van der Waals surface area (Å²) in [5.74, 6) is 0.563. The number of sulfonamides is 1. The molecule has 0 aliphatic heterocycles. The standard InChI is InChI=1S/C13H20N2O2S/c1-2-15(9-11-7-8-11)18(16,17)10-12-5-3-4-6-13(12)14/h3-6,11H,2,7-10,14H2,1H3. The van der Waals surface area contributed by atoms with Gasteiger partial charge in [-0.15, -0.1) is 0 Å². The van der Waals surface area contributed by atoms with E-state index in [-0.39, 0.29) is 5.75 Å². The fourth-order valence-corrected chi connectivity index (χ4v) is 3.65. The lowest BCUT2D eigenvalue weighted by Gasteiger charge is -2.20. The van der Waals surface area contributed by atoms with Crippen LogP contribution in [0.2, 0.25) is 0 Å². The van der Waals surface area contributed by atoms with Crippen LogP contribution in [0.3, 0.4) is 0 Å². The molecule has 1 saturated carbocycles. The van der Waals surface area contributed by atoms with Gasteiger partial charge in [-0.05, 0) is 30.4 Å². The Kier molecular flexibility index (Phi) is 3.92. The van der Waals surface area contributed by atoms with Crippen molar-refractivity contribution in [1.29, 1.82) is 0 Å². The number of benzene rings is 1. The first-order valence-electron chi connectivity index (χ1n) is 6.34. The highest BCUT2D eigenvalue weighted by Gasteiger charge is 2.29. The fourth-order valence-electron chi connectivity index (χ4n) is 1.98. The van der Waals surface area contributed by atoms with Crippen molar-refractivity contribution in [1.82, 2.24) is 4.31 Å². The third kappa shape index (κ3) is 3.23. The zero-order valence-electron chi connectivity index (χ0n) is 10.7. The smallest absolute Gasteiger partial charge is 0.218 e. The van der Waals surface area contributed by atoms with Crippen LogP contribution in [0.4, 0.5) is 5.69 Å². The highest BCUT2D eigenvalue weighted by atomic mass is 32.2. The van der Waals surface area contributed by atoms with Crippen molar-refractivity contribution in [3.05, 3.63) is 29.8 Å². The van der Waals surface area contributed by atoms with Gasteiger partial charge in [0.1, 0.15) is 0 Å². The Labute approximate surface area is 109 Å². The quantitative estimate of drug-likeness (QED) is 0.801. The highest BCUT2D eigenvalue weighted by molar-refractivity contribution is 7.88. The van der Waals surface area contributed by atoms with Gasteiger partial charge in [0.25, 0.3) is 0 Å². The summed E-state index contributed by atoms with van der Waals surface area (Å²) in [5, 5.41) is 0. The molecule has 0 saturated heterocycles. The Morgan fingerprint density at radius 1 is 1.33 bits per heavy atom. The van der Waals surface area contributed by atoms with E-state index < -0.39 is 10.0 Å². The topological polar surface area (TPSA) is 63.4 Å². The van der Waals surface area contributed by atoms with Gasteiger partial charge >= 0.3 is 0 Å². The number of nitrogens with two attached hydrogens (primary N) is 1. The maximum Gasteiger partial charge on any atom is 0.218 e. The molecule has 0 spiro atoms. The van der Waals surface area contributed by atoms with E-state index in [1.54, 1.807) is 16.4 Å². The number of nitrogens with zero attached hydrogens (tertiary/aromatic N) is 1. The van der Waals surface area contributed by atoms with Crippen molar-refractivity contribution in [2.75, 3.05) is 18.8 Å². The minimum atomic E-state index is -3.25. The number of nitrogen functional groups attached to an aromatic ring is 1. The van der Waals surface area contributed by atoms with Crippen molar-refractivity contribution < 1.29 is 8.42 Å². The summed E-state index contributed by atoms with van der Waals surface area (Å²) >= 11 is 0. The van der Waals surface area contributed by atoms with Gasteiger partial charge in [-0.1, -0.05) is 25.1 Å². The van der Waals surface area contributed by atoms with E-state index in [2.05, 4.69) is 0 Å². The molecule has 100 valence electrons. The SMILES string of the molecule is CCN(CC1CC1)S(=O)(=O)Cc1ccccc1N. The summed E-state index contributed by atoms with van der Waals surface area (Å²) in [6.07, 6.45) is 2.30. The lowest BCUT2D eigenvalue weighted by molar-refractivity contribution is 0.411. The average Bonchev–Trinajstić information content (AvgIpc) is 3.12. The molecule has 5 heteroatoms. The highest BCUT2D eigenvalue weighted by Crippen LogP contribution is 2.31. The summed E-state index contributed by atoms with van der Waals surface area (Å²) in [4.78, 5) is 0. The minimum absolute atomic E-state index is 0.000231. The first kappa shape index (κ1) is 13.4. The molecule has 1 aliphatic carbocycles. The second-order valence-corrected chi connectivity index (χ2v) is 6.82. The monoisotopic (exact) mass is 268 g/mol. The Bertz CT molecular complexity index is 509. The molecule has 1 aromatic rings. The molecule has 0 amide bonds. The number of anilines is 1. The van der Waals surface area contributed by atoms with Crippen molar-refractivity contribution in [2.24, 2.45) is 5.92 Å². The minimum Gasteiger partial charge on any atom is -0.398 e. The first-order valence-corrected chi connectivity index (χ1v) is 7.95. The largest absolute Gasteiger partial charge is 0.398 e. The lowest BCUT2D eigenvalue weighted by atomic mass is 10.2. The van der Waals surface area contributed by atoms with Gasteiger partial charge in [-0.3, -0.25) is 0 Å². The van der Waals surface area contributed by atoms with Crippen molar-refractivity contribution in [3.8, 4) is 0 Å². The van der Waals surface area contributed by atoms with Crippen LogP contribution >= 0.6 is 0 Å². The van der Waals surface area contributed by atoms with E-state index in [9.17, 15) is 8.42 Å². The van der Waals surface area contributed by atoms with Crippen LogP contribution in [0.1, 0.15) is 25.3 Å². The number of hydrogen-bond donors (Lipinski definition) is 1. The van der Waals surface area contributed by atoms with Crippen molar-refractivity contribution in [2.45, 2.75) is 25.5 Å². The summed E-state index contributed by atoms with van der Waals surface area (Å²) in [5.41, 5.74) is 7.03. The number of para-hydroxylation sites is 1. The van der Waals surface area contributed by atoms with Crippen LogP contribution in [0.5, 0.6) is 0 Å². The molecule has 0 aromatic heterocycles. The molecular formula is C13H20N2O2S. The molecule has 0 bridgehead atoms. The van der Waals surface area contributed by atoms with Gasteiger partial charge < -0.3 is 5.73 Å². The maximum atomic E-state index is 12.3. The second kappa shape index (κ2) is 5.28. The Balaban J connectivity index is 2.12. The van der Waals surface area contributed by atoms with Crippen LogP contribution in [0.15, 0.2) is 24.3 Å². The number of hydrogen-bond acceptors (Lipinski definition) is 3. The van der Waals surface area contributed by atoms with Crippen LogP contribution < -0.4 is 5.73 Å². The molecular weight excluding hydrogens is 248 g/mol. The van der Waals surface area contributed by atoms with Gasteiger partial charge in [0, 0.05) is 18.8 Å². The molecule has 0 unspecified atom stereocenters. The molecule has 18 heavy (non-hydrogen) atoms. The molecule has 0 atom stereocenters. The van der Waals surface area contributed by atoms with Crippen LogP contribution in [0, 0.1) is 5.92 Å². The fraction of sp³-hybridized carbons (Fsp3) is 0.538. The predicted octanol–water partition coefficient (Wildman–Crippen LogP) is 1.83. The van der Waals surface area contributed by atoms with E-state index in [1.165, 1.54) is 0 Å². The zero-order valence-corrected chi connectivity index (χ0v) is 11.5. The van der Waals surface area contributed by atoms with Gasteiger partial charge in [-0.2, -0.15) is 0 Å². The predicted molar refractivity (Wildman–Crippen MR) is 73.4 cm³/mol. The maximum absolute atomic E-state index is 12.3. The van der Waals surface area contributed by atoms with Gasteiger partial charge in [0.15, 0.2) is 0 Å². The average molecular weight is 268 g/mol. The Hall–Kier alpha value is -1.07. The van der Waals surface area contributed by atoms with E-state index in [0.29, 0.717) is 30.3 Å². The summed E-state index contributed by atoms with van der Waals surface area (Å²) in [6, 6.07) is 7.14. The van der Waals surface area contributed by atoms with Crippen molar-refractivity contribution >= 4 is 15.7 Å². The third-order valence-electron chi connectivity index (χ3n) is 3.30. The molecule has 4 nitrogen and oxygen atoms in total. The molecule has 1 aliphatic rings. The molecule has 0 heterocycles. The third-order valence-corrected chi connectivity index (χ3v) is 5.17. The van der Waals surface area contributed by atoms with Crippen LogP contribution in [-0.2, 0) is 15.8 Å². The second-order valence-electron chi connectivity index (χ2n) is 4.85. The molecule has 1 aromatic carbocycles.